The SMILES string of the molecule is Cc1ccc(C(C)(C)C)cc1C(C)OC1CCNCC1. The summed E-state index contributed by atoms with van der Waals surface area (Å²) in [5.41, 5.74) is 4.26. The highest BCUT2D eigenvalue weighted by molar-refractivity contribution is 5.35. The van der Waals surface area contributed by atoms with E-state index in [1.807, 2.05) is 0 Å². The van der Waals surface area contributed by atoms with Gasteiger partial charge in [-0.2, -0.15) is 0 Å². The van der Waals surface area contributed by atoms with Crippen LogP contribution in [0.25, 0.3) is 0 Å². The molecule has 0 aliphatic carbocycles. The molecule has 1 saturated heterocycles. The van der Waals surface area contributed by atoms with E-state index in [2.05, 4.69) is 58.1 Å². The lowest BCUT2D eigenvalue weighted by molar-refractivity contribution is -0.0189. The van der Waals surface area contributed by atoms with Gasteiger partial charge in [0.15, 0.2) is 0 Å². The maximum atomic E-state index is 6.29. The average Bonchev–Trinajstić information content (AvgIpc) is 2.39. The van der Waals surface area contributed by atoms with Crippen molar-refractivity contribution in [2.75, 3.05) is 13.1 Å². The molecule has 1 heterocycles. The molecule has 0 aromatic heterocycles. The number of hydrogen-bond donors (Lipinski definition) is 1. The largest absolute Gasteiger partial charge is 0.370 e. The number of aryl methyl sites for hydroxylation is 1. The van der Waals surface area contributed by atoms with Crippen LogP contribution < -0.4 is 5.32 Å². The molecule has 1 aliphatic rings. The summed E-state index contributed by atoms with van der Waals surface area (Å²) < 4.78 is 6.29. The zero-order chi connectivity index (χ0) is 14.8. The van der Waals surface area contributed by atoms with Crippen LogP contribution in [0.15, 0.2) is 18.2 Å². The van der Waals surface area contributed by atoms with Crippen molar-refractivity contribution in [2.24, 2.45) is 0 Å². The molecule has 0 spiro atoms. The van der Waals surface area contributed by atoms with E-state index in [0.717, 1.165) is 25.9 Å². The first-order valence-electron chi connectivity index (χ1n) is 7.85. The smallest absolute Gasteiger partial charge is 0.0803 e. The predicted octanol–water partition coefficient (Wildman–Crippen LogP) is 4.12. The van der Waals surface area contributed by atoms with Crippen molar-refractivity contribution in [1.29, 1.82) is 0 Å². The Hall–Kier alpha value is -0.860. The molecule has 0 saturated carbocycles. The zero-order valence-electron chi connectivity index (χ0n) is 13.6. The second-order valence-electron chi connectivity index (χ2n) is 7.05. The molecule has 1 fully saturated rings. The minimum absolute atomic E-state index is 0.181. The molecule has 1 aliphatic heterocycles. The van der Waals surface area contributed by atoms with Gasteiger partial charge in [-0.1, -0.05) is 39.0 Å². The number of nitrogens with one attached hydrogen (secondary N) is 1. The van der Waals surface area contributed by atoms with Crippen molar-refractivity contribution >= 4 is 0 Å². The van der Waals surface area contributed by atoms with E-state index in [1.54, 1.807) is 0 Å². The Kier molecular flexibility index (Phi) is 4.87. The zero-order valence-corrected chi connectivity index (χ0v) is 13.6. The van der Waals surface area contributed by atoms with Gasteiger partial charge in [-0.25, -0.2) is 0 Å². The van der Waals surface area contributed by atoms with Crippen LogP contribution in [0.2, 0.25) is 0 Å². The molecular weight excluding hydrogens is 246 g/mol. The Labute approximate surface area is 123 Å². The summed E-state index contributed by atoms with van der Waals surface area (Å²) in [6.07, 6.45) is 2.84. The molecule has 2 rings (SSSR count). The van der Waals surface area contributed by atoms with Crippen LogP contribution in [0.1, 0.15) is 63.3 Å². The van der Waals surface area contributed by atoms with Crippen LogP contribution in [0.4, 0.5) is 0 Å². The van der Waals surface area contributed by atoms with Crippen LogP contribution in [-0.4, -0.2) is 19.2 Å². The summed E-state index contributed by atoms with van der Waals surface area (Å²) >= 11 is 0. The van der Waals surface area contributed by atoms with E-state index < -0.39 is 0 Å². The summed E-state index contributed by atoms with van der Waals surface area (Å²) in [7, 11) is 0. The fraction of sp³-hybridized carbons (Fsp3) is 0.667. The molecular formula is C18H29NO. The first kappa shape index (κ1) is 15.5. The van der Waals surface area contributed by atoms with Gasteiger partial charge in [0.25, 0.3) is 0 Å². The molecule has 2 nitrogen and oxygen atoms in total. The highest BCUT2D eigenvalue weighted by Gasteiger charge is 2.20. The number of ether oxygens (including phenoxy) is 1. The number of piperidine rings is 1. The van der Waals surface area contributed by atoms with Crippen LogP contribution >= 0.6 is 0 Å². The molecule has 0 bridgehead atoms. The fourth-order valence-electron chi connectivity index (χ4n) is 2.84. The predicted molar refractivity (Wildman–Crippen MR) is 85.3 cm³/mol. The van der Waals surface area contributed by atoms with Crippen LogP contribution in [0.3, 0.4) is 0 Å². The first-order valence-corrected chi connectivity index (χ1v) is 7.85. The lowest BCUT2D eigenvalue weighted by atomic mass is 9.84. The molecule has 1 aromatic carbocycles. The van der Waals surface area contributed by atoms with E-state index in [0.29, 0.717) is 6.10 Å². The molecule has 2 heteroatoms. The lowest BCUT2D eigenvalue weighted by Gasteiger charge is -2.28. The van der Waals surface area contributed by atoms with Gasteiger partial charge in [0.05, 0.1) is 12.2 Å². The summed E-state index contributed by atoms with van der Waals surface area (Å²) in [5, 5.41) is 3.39. The number of hydrogen-bond acceptors (Lipinski definition) is 2. The van der Waals surface area contributed by atoms with Gasteiger partial charge < -0.3 is 10.1 Å². The van der Waals surface area contributed by atoms with Crippen LogP contribution in [0, 0.1) is 6.92 Å². The van der Waals surface area contributed by atoms with Crippen molar-refractivity contribution < 1.29 is 4.74 Å². The van der Waals surface area contributed by atoms with Gasteiger partial charge in [0, 0.05) is 0 Å². The molecule has 1 unspecified atom stereocenters. The minimum atomic E-state index is 0.181. The maximum absolute atomic E-state index is 6.29. The highest BCUT2D eigenvalue weighted by Crippen LogP contribution is 2.30. The maximum Gasteiger partial charge on any atom is 0.0803 e. The number of rotatable bonds is 3. The quantitative estimate of drug-likeness (QED) is 0.896. The van der Waals surface area contributed by atoms with E-state index in [1.165, 1.54) is 16.7 Å². The van der Waals surface area contributed by atoms with Gasteiger partial charge in [0.1, 0.15) is 0 Å². The summed E-state index contributed by atoms with van der Waals surface area (Å²) in [6, 6.07) is 6.81. The van der Waals surface area contributed by atoms with Crippen molar-refractivity contribution in [3.8, 4) is 0 Å². The van der Waals surface area contributed by atoms with Crippen LogP contribution in [0.5, 0.6) is 0 Å². The average molecular weight is 275 g/mol. The van der Waals surface area contributed by atoms with Gasteiger partial charge in [0.2, 0.25) is 0 Å². The van der Waals surface area contributed by atoms with E-state index >= 15 is 0 Å². The third-order valence-corrected chi connectivity index (χ3v) is 4.27. The Balaban J connectivity index is 2.13. The lowest BCUT2D eigenvalue weighted by Crippen LogP contribution is -2.33. The van der Waals surface area contributed by atoms with Crippen LogP contribution in [-0.2, 0) is 10.2 Å². The van der Waals surface area contributed by atoms with E-state index in [-0.39, 0.29) is 11.5 Å². The molecule has 112 valence electrons. The van der Waals surface area contributed by atoms with Crippen molar-refractivity contribution in [2.45, 2.75) is 65.1 Å². The Morgan fingerprint density at radius 2 is 1.85 bits per heavy atom. The monoisotopic (exact) mass is 275 g/mol. The summed E-state index contributed by atoms with van der Waals surface area (Å²) in [6.45, 7) is 13.3. The summed E-state index contributed by atoms with van der Waals surface area (Å²) in [5.74, 6) is 0. The molecule has 0 amide bonds. The first-order chi connectivity index (χ1) is 9.38. The van der Waals surface area contributed by atoms with Crippen molar-refractivity contribution in [3.05, 3.63) is 34.9 Å². The summed E-state index contributed by atoms with van der Waals surface area (Å²) in [4.78, 5) is 0. The molecule has 1 aromatic rings. The second-order valence-corrected chi connectivity index (χ2v) is 7.05. The normalized spacial score (nSPS) is 19.1. The third-order valence-electron chi connectivity index (χ3n) is 4.27. The molecule has 20 heavy (non-hydrogen) atoms. The Morgan fingerprint density at radius 1 is 1.20 bits per heavy atom. The highest BCUT2D eigenvalue weighted by atomic mass is 16.5. The standard InChI is InChI=1S/C18H29NO/c1-13-6-7-15(18(3,4)5)12-17(13)14(2)20-16-8-10-19-11-9-16/h6-7,12,14,16,19H,8-11H2,1-5H3. The van der Waals surface area contributed by atoms with Gasteiger partial charge in [-0.3, -0.25) is 0 Å². The second kappa shape index (κ2) is 6.28. The van der Waals surface area contributed by atoms with E-state index in [4.69, 9.17) is 4.74 Å². The number of benzene rings is 1. The molecule has 1 N–H and O–H groups in total. The Morgan fingerprint density at radius 3 is 2.45 bits per heavy atom. The Bertz CT molecular complexity index is 441. The van der Waals surface area contributed by atoms with Gasteiger partial charge >= 0.3 is 0 Å². The minimum Gasteiger partial charge on any atom is -0.370 e. The molecule has 1 atom stereocenters. The van der Waals surface area contributed by atoms with Crippen molar-refractivity contribution in [3.63, 3.8) is 0 Å². The van der Waals surface area contributed by atoms with Gasteiger partial charge in [-0.05, 0) is 61.9 Å². The topological polar surface area (TPSA) is 21.3 Å². The molecule has 0 radical (unpaired) electrons. The van der Waals surface area contributed by atoms with Crippen molar-refractivity contribution in [1.82, 2.24) is 5.32 Å². The van der Waals surface area contributed by atoms with E-state index in [9.17, 15) is 0 Å². The fourth-order valence-corrected chi connectivity index (χ4v) is 2.84. The third kappa shape index (κ3) is 3.83. The van der Waals surface area contributed by atoms with Gasteiger partial charge in [-0.15, -0.1) is 0 Å².